The number of ether oxygens (including phenoxy) is 1. The Morgan fingerprint density at radius 3 is 2.56 bits per heavy atom. The summed E-state index contributed by atoms with van der Waals surface area (Å²) in [4.78, 5) is 13.7. The second-order valence-corrected chi connectivity index (χ2v) is 8.02. The summed E-state index contributed by atoms with van der Waals surface area (Å²) in [5.41, 5.74) is -0.509. The predicted molar refractivity (Wildman–Crippen MR) is 70.6 cm³/mol. The van der Waals surface area contributed by atoms with E-state index in [2.05, 4.69) is 0 Å². The van der Waals surface area contributed by atoms with E-state index in [1.807, 2.05) is 13.8 Å². The van der Waals surface area contributed by atoms with Gasteiger partial charge in [0.2, 0.25) is 5.91 Å². The monoisotopic (exact) mass is 297 g/mol. The van der Waals surface area contributed by atoms with Crippen molar-refractivity contribution in [1.82, 2.24) is 4.90 Å². The van der Waals surface area contributed by atoms with Gasteiger partial charge >= 0.3 is 0 Å². The van der Waals surface area contributed by atoms with Gasteiger partial charge in [0.05, 0.1) is 17.6 Å². The van der Waals surface area contributed by atoms with Crippen molar-refractivity contribution >= 4 is 27.3 Å². The molecule has 0 saturated carbocycles. The lowest BCUT2D eigenvalue weighted by Crippen LogP contribution is -2.57. The Balaban J connectivity index is 2.86. The van der Waals surface area contributed by atoms with Gasteiger partial charge in [-0.2, -0.15) is 0 Å². The fourth-order valence-electron chi connectivity index (χ4n) is 1.98. The lowest BCUT2D eigenvalue weighted by Gasteiger charge is -2.42. The summed E-state index contributed by atoms with van der Waals surface area (Å²) in [6.07, 6.45) is 0.811. The molecule has 1 rings (SSSR count). The summed E-state index contributed by atoms with van der Waals surface area (Å²) in [7, 11) is -3.38. The Hall–Kier alpha value is -0.330. The summed E-state index contributed by atoms with van der Waals surface area (Å²) in [6.45, 7) is 5.84. The molecule has 1 amide bonds. The zero-order valence-corrected chi connectivity index (χ0v) is 12.7. The van der Waals surface area contributed by atoms with Crippen LogP contribution in [0.25, 0.3) is 0 Å². The Bertz CT molecular complexity index is 421. The average molecular weight is 298 g/mol. The van der Waals surface area contributed by atoms with Crippen molar-refractivity contribution < 1.29 is 17.9 Å². The maximum atomic E-state index is 12.1. The van der Waals surface area contributed by atoms with Crippen LogP contribution < -0.4 is 0 Å². The van der Waals surface area contributed by atoms with Crippen LogP contribution in [0, 0.1) is 0 Å². The molecule has 1 aliphatic rings. The quantitative estimate of drug-likeness (QED) is 0.718. The first-order chi connectivity index (χ1) is 8.07. The molecule has 0 bridgehead atoms. The van der Waals surface area contributed by atoms with Crippen LogP contribution in [0.4, 0.5) is 0 Å². The molecule has 2 atom stereocenters. The highest BCUT2D eigenvalue weighted by Crippen LogP contribution is 2.23. The van der Waals surface area contributed by atoms with E-state index in [0.717, 1.165) is 6.26 Å². The van der Waals surface area contributed by atoms with E-state index in [9.17, 15) is 13.2 Å². The number of amides is 1. The number of sulfone groups is 1. The lowest BCUT2D eigenvalue weighted by molar-refractivity contribution is -0.156. The number of nitrogens with zero attached hydrogens (tertiary/aromatic N) is 1. The van der Waals surface area contributed by atoms with Crippen LogP contribution >= 0.6 is 11.6 Å². The zero-order chi connectivity index (χ0) is 14.1. The molecule has 0 N–H and O–H groups in total. The molecule has 0 aromatic rings. The molecular formula is C11H20ClNO4S. The van der Waals surface area contributed by atoms with Crippen LogP contribution in [0.3, 0.4) is 0 Å². The Kier molecular flexibility index (Phi) is 4.67. The SMILES string of the molecule is CC(C(=O)N1CC(CCl)OC(C)(C)C1)S(C)(=O)=O. The number of rotatable bonds is 3. The summed E-state index contributed by atoms with van der Waals surface area (Å²) in [6, 6.07) is 0. The van der Waals surface area contributed by atoms with Gasteiger partial charge in [0.1, 0.15) is 5.25 Å². The maximum Gasteiger partial charge on any atom is 0.240 e. The van der Waals surface area contributed by atoms with Gasteiger partial charge in [0.15, 0.2) is 9.84 Å². The second-order valence-electron chi connectivity index (χ2n) is 5.34. The van der Waals surface area contributed by atoms with Gasteiger partial charge in [-0.3, -0.25) is 4.79 Å². The van der Waals surface area contributed by atoms with Crippen molar-refractivity contribution in [2.24, 2.45) is 0 Å². The molecule has 1 aliphatic heterocycles. The van der Waals surface area contributed by atoms with Gasteiger partial charge in [-0.25, -0.2) is 8.42 Å². The van der Waals surface area contributed by atoms with Crippen molar-refractivity contribution in [2.45, 2.75) is 37.7 Å². The van der Waals surface area contributed by atoms with E-state index >= 15 is 0 Å². The normalized spacial score (nSPS) is 25.8. The molecule has 7 heteroatoms. The smallest absolute Gasteiger partial charge is 0.240 e. The van der Waals surface area contributed by atoms with Gasteiger partial charge in [-0.15, -0.1) is 11.6 Å². The molecule has 5 nitrogen and oxygen atoms in total. The number of carbonyl (C=O) groups is 1. The van der Waals surface area contributed by atoms with Gasteiger partial charge in [-0.1, -0.05) is 0 Å². The van der Waals surface area contributed by atoms with E-state index in [1.54, 1.807) is 0 Å². The third-order valence-corrected chi connectivity index (χ3v) is 4.79. The van der Waals surface area contributed by atoms with E-state index in [4.69, 9.17) is 16.3 Å². The average Bonchev–Trinajstić information content (AvgIpc) is 2.23. The van der Waals surface area contributed by atoms with Crippen LogP contribution in [0.5, 0.6) is 0 Å². The Morgan fingerprint density at radius 1 is 1.56 bits per heavy atom. The van der Waals surface area contributed by atoms with Gasteiger partial charge < -0.3 is 9.64 Å². The molecule has 18 heavy (non-hydrogen) atoms. The van der Waals surface area contributed by atoms with E-state index < -0.39 is 20.7 Å². The van der Waals surface area contributed by atoms with Crippen molar-refractivity contribution in [3.8, 4) is 0 Å². The van der Waals surface area contributed by atoms with Gasteiger partial charge in [0.25, 0.3) is 0 Å². The molecule has 1 heterocycles. The van der Waals surface area contributed by atoms with Crippen molar-refractivity contribution in [2.75, 3.05) is 25.2 Å². The third kappa shape index (κ3) is 3.83. The van der Waals surface area contributed by atoms with Crippen molar-refractivity contribution in [3.05, 3.63) is 0 Å². The number of hydrogen-bond donors (Lipinski definition) is 0. The highest BCUT2D eigenvalue weighted by atomic mass is 35.5. The molecule has 2 unspecified atom stereocenters. The number of alkyl halides is 1. The number of hydrogen-bond acceptors (Lipinski definition) is 4. The molecule has 0 aromatic heterocycles. The van der Waals surface area contributed by atoms with Crippen LogP contribution in [0.2, 0.25) is 0 Å². The fourth-order valence-corrected chi connectivity index (χ4v) is 2.66. The van der Waals surface area contributed by atoms with Crippen LogP contribution in [-0.4, -0.2) is 61.4 Å². The van der Waals surface area contributed by atoms with Gasteiger partial charge in [-0.05, 0) is 20.8 Å². The van der Waals surface area contributed by atoms with Crippen LogP contribution in [0.1, 0.15) is 20.8 Å². The predicted octanol–water partition coefficient (Wildman–Crippen LogP) is 0.664. The highest BCUT2D eigenvalue weighted by molar-refractivity contribution is 7.92. The minimum Gasteiger partial charge on any atom is -0.367 e. The van der Waals surface area contributed by atoms with Crippen molar-refractivity contribution in [3.63, 3.8) is 0 Å². The summed E-state index contributed by atoms with van der Waals surface area (Å²) >= 11 is 5.77. The molecule has 1 saturated heterocycles. The molecule has 0 aliphatic carbocycles. The maximum absolute atomic E-state index is 12.1. The summed E-state index contributed by atoms with van der Waals surface area (Å²) < 4.78 is 28.5. The lowest BCUT2D eigenvalue weighted by atomic mass is 10.1. The van der Waals surface area contributed by atoms with Crippen molar-refractivity contribution in [1.29, 1.82) is 0 Å². The number of morpholine rings is 1. The first-order valence-corrected chi connectivity index (χ1v) is 8.27. The van der Waals surface area contributed by atoms with E-state index in [0.29, 0.717) is 13.1 Å². The molecular weight excluding hydrogens is 278 g/mol. The molecule has 0 radical (unpaired) electrons. The minimum absolute atomic E-state index is 0.258. The van der Waals surface area contributed by atoms with Crippen LogP contribution in [-0.2, 0) is 19.4 Å². The van der Waals surface area contributed by atoms with Gasteiger partial charge in [0, 0.05) is 19.3 Å². The first kappa shape index (κ1) is 15.7. The number of halogens is 1. The largest absolute Gasteiger partial charge is 0.367 e. The molecule has 0 aromatic carbocycles. The molecule has 106 valence electrons. The standard InChI is InChI=1S/C11H20ClNO4S/c1-8(18(4,15)16)10(14)13-6-9(5-12)17-11(2,3)7-13/h8-9H,5-7H2,1-4H3. The number of carbonyl (C=O) groups excluding carboxylic acids is 1. The van der Waals surface area contributed by atoms with E-state index in [-0.39, 0.29) is 17.9 Å². The fraction of sp³-hybridized carbons (Fsp3) is 0.909. The minimum atomic E-state index is -3.38. The highest BCUT2D eigenvalue weighted by Gasteiger charge is 2.38. The third-order valence-electron chi connectivity index (χ3n) is 2.96. The summed E-state index contributed by atoms with van der Waals surface area (Å²) in [5.74, 6) is -0.107. The molecule has 0 spiro atoms. The summed E-state index contributed by atoms with van der Waals surface area (Å²) in [5, 5.41) is -1.03. The van der Waals surface area contributed by atoms with E-state index in [1.165, 1.54) is 11.8 Å². The Morgan fingerprint density at radius 2 is 2.11 bits per heavy atom. The van der Waals surface area contributed by atoms with Crippen LogP contribution in [0.15, 0.2) is 0 Å². The molecule has 1 fully saturated rings. The Labute approximate surface area is 113 Å². The topological polar surface area (TPSA) is 63.7 Å². The zero-order valence-electron chi connectivity index (χ0n) is 11.1. The second kappa shape index (κ2) is 5.35. The first-order valence-electron chi connectivity index (χ1n) is 5.78.